The molecule has 0 unspecified atom stereocenters. The van der Waals surface area contributed by atoms with Gasteiger partial charge in [-0.1, -0.05) is 6.92 Å². The zero-order chi connectivity index (χ0) is 14.5. The van der Waals surface area contributed by atoms with Crippen LogP contribution >= 0.6 is 11.3 Å². The molecule has 108 valence electrons. The Morgan fingerprint density at radius 1 is 1.50 bits per heavy atom. The average Bonchev–Trinajstić information content (AvgIpc) is 2.89. The van der Waals surface area contributed by atoms with E-state index in [-0.39, 0.29) is 12.4 Å². The van der Waals surface area contributed by atoms with Crippen LogP contribution in [0.2, 0.25) is 0 Å². The van der Waals surface area contributed by atoms with Crippen LogP contribution in [0.1, 0.15) is 18.2 Å². The van der Waals surface area contributed by atoms with Crippen molar-refractivity contribution in [3.05, 3.63) is 10.9 Å². The number of nitrogen functional groups attached to an aromatic ring is 1. The molecule has 0 aliphatic carbocycles. The lowest BCUT2D eigenvalue weighted by molar-refractivity contribution is -0.140. The third-order valence-corrected chi connectivity index (χ3v) is 3.94. The van der Waals surface area contributed by atoms with Crippen molar-refractivity contribution >= 4 is 39.3 Å². The molecule has 8 heteroatoms. The van der Waals surface area contributed by atoms with E-state index in [1.54, 1.807) is 11.3 Å². The van der Waals surface area contributed by atoms with Crippen LogP contribution in [0.15, 0.2) is 6.07 Å². The number of thiophene rings is 1. The van der Waals surface area contributed by atoms with Gasteiger partial charge in [-0.2, -0.15) is 4.98 Å². The van der Waals surface area contributed by atoms with Crippen LogP contribution in [0.5, 0.6) is 0 Å². The van der Waals surface area contributed by atoms with Crippen molar-refractivity contribution in [1.82, 2.24) is 9.97 Å². The lowest BCUT2D eigenvalue weighted by atomic mass is 10.3. The maximum absolute atomic E-state index is 11.1. The van der Waals surface area contributed by atoms with Gasteiger partial charge in [0.2, 0.25) is 5.95 Å². The Morgan fingerprint density at radius 3 is 2.95 bits per heavy atom. The minimum absolute atomic E-state index is 0.264. The number of esters is 1. The zero-order valence-corrected chi connectivity index (χ0v) is 12.2. The lowest BCUT2D eigenvalue weighted by Gasteiger charge is -2.07. The van der Waals surface area contributed by atoms with Crippen molar-refractivity contribution in [1.29, 1.82) is 0 Å². The second-order valence-corrected chi connectivity index (χ2v) is 5.19. The highest BCUT2D eigenvalue weighted by Gasteiger charge is 2.11. The number of aryl methyl sites for hydroxylation is 1. The molecule has 0 bridgehead atoms. The van der Waals surface area contributed by atoms with Crippen LogP contribution in [-0.2, 0) is 16.0 Å². The summed E-state index contributed by atoms with van der Waals surface area (Å²) in [6.07, 6.45) is 1.21. The number of carbonyl (C=O) groups excluding carboxylic acids is 1. The minimum atomic E-state index is -0.264. The molecule has 4 N–H and O–H groups in total. The van der Waals surface area contributed by atoms with E-state index in [4.69, 9.17) is 5.84 Å². The molecule has 0 aromatic carbocycles. The van der Waals surface area contributed by atoms with E-state index in [0.717, 1.165) is 16.6 Å². The molecule has 0 aliphatic heterocycles. The predicted molar refractivity (Wildman–Crippen MR) is 79.7 cm³/mol. The number of nitrogens with zero attached hydrogens (tertiary/aromatic N) is 2. The molecular formula is C12H17N5O2S. The number of carbonyl (C=O) groups is 1. The second kappa shape index (κ2) is 6.49. The maximum atomic E-state index is 11.1. The molecule has 2 aromatic heterocycles. The number of aromatic nitrogens is 2. The number of rotatable bonds is 6. The number of hydrazine groups is 1. The molecule has 0 atom stereocenters. The standard InChI is InChI=1S/C12H17N5O2S/c1-3-7-6-8-10(14-5-4-9(18)19-2)15-12(17-13)16-11(8)20-7/h6H,3-5,13H2,1-2H3,(H2,14,15,16,17). The monoisotopic (exact) mass is 295 g/mol. The predicted octanol–water partition coefficient (Wildman–Crippen LogP) is 1.51. The Bertz CT molecular complexity index is 613. The van der Waals surface area contributed by atoms with E-state index >= 15 is 0 Å². The van der Waals surface area contributed by atoms with Gasteiger partial charge in [0, 0.05) is 11.4 Å². The summed E-state index contributed by atoms with van der Waals surface area (Å²) in [6, 6.07) is 2.06. The molecule has 0 spiro atoms. The van der Waals surface area contributed by atoms with Crippen LogP contribution in [0.25, 0.3) is 10.2 Å². The van der Waals surface area contributed by atoms with Crippen LogP contribution in [0.4, 0.5) is 11.8 Å². The molecule has 0 amide bonds. The highest BCUT2D eigenvalue weighted by molar-refractivity contribution is 7.18. The lowest BCUT2D eigenvalue weighted by Crippen LogP contribution is -2.14. The molecule has 2 aromatic rings. The first kappa shape index (κ1) is 14.5. The van der Waals surface area contributed by atoms with Gasteiger partial charge in [-0.25, -0.2) is 10.8 Å². The third kappa shape index (κ3) is 3.14. The van der Waals surface area contributed by atoms with Gasteiger partial charge < -0.3 is 10.1 Å². The van der Waals surface area contributed by atoms with E-state index in [0.29, 0.717) is 18.3 Å². The van der Waals surface area contributed by atoms with Crippen LogP contribution in [0.3, 0.4) is 0 Å². The van der Waals surface area contributed by atoms with Gasteiger partial charge in [0.15, 0.2) is 0 Å². The van der Waals surface area contributed by atoms with E-state index < -0.39 is 0 Å². The molecule has 0 saturated heterocycles. The summed E-state index contributed by atoms with van der Waals surface area (Å²) in [6.45, 7) is 2.53. The van der Waals surface area contributed by atoms with Crippen molar-refractivity contribution in [2.45, 2.75) is 19.8 Å². The molecule has 20 heavy (non-hydrogen) atoms. The number of nitrogens with two attached hydrogens (primary N) is 1. The molecule has 7 nitrogen and oxygen atoms in total. The van der Waals surface area contributed by atoms with Crippen molar-refractivity contribution in [3.8, 4) is 0 Å². The summed E-state index contributed by atoms with van der Waals surface area (Å²) >= 11 is 1.61. The Balaban J connectivity index is 2.25. The maximum Gasteiger partial charge on any atom is 0.307 e. The number of anilines is 2. The average molecular weight is 295 g/mol. The molecule has 0 radical (unpaired) electrons. The van der Waals surface area contributed by atoms with E-state index in [1.807, 2.05) is 0 Å². The Labute approximate surface area is 120 Å². The van der Waals surface area contributed by atoms with Gasteiger partial charge in [-0.3, -0.25) is 10.2 Å². The fourth-order valence-corrected chi connectivity index (χ4v) is 2.70. The van der Waals surface area contributed by atoms with Crippen molar-refractivity contribution in [2.75, 3.05) is 24.4 Å². The van der Waals surface area contributed by atoms with E-state index in [1.165, 1.54) is 12.0 Å². The molecule has 2 heterocycles. The highest BCUT2D eigenvalue weighted by atomic mass is 32.1. The van der Waals surface area contributed by atoms with E-state index in [2.05, 4.69) is 38.4 Å². The quantitative estimate of drug-likeness (QED) is 0.422. The summed E-state index contributed by atoms with van der Waals surface area (Å²) < 4.78 is 4.60. The first-order chi connectivity index (χ1) is 9.67. The van der Waals surface area contributed by atoms with Gasteiger partial charge >= 0.3 is 5.97 Å². The largest absolute Gasteiger partial charge is 0.469 e. The van der Waals surface area contributed by atoms with Gasteiger partial charge in [0.25, 0.3) is 0 Å². The topological polar surface area (TPSA) is 102 Å². The Hall–Kier alpha value is -1.93. The van der Waals surface area contributed by atoms with Crippen molar-refractivity contribution in [2.24, 2.45) is 5.84 Å². The molecule has 0 fully saturated rings. The van der Waals surface area contributed by atoms with Crippen LogP contribution < -0.4 is 16.6 Å². The van der Waals surface area contributed by atoms with Gasteiger partial charge in [-0.05, 0) is 12.5 Å². The SMILES string of the molecule is CCc1cc2c(NCCC(=O)OC)nc(NN)nc2s1. The fraction of sp³-hybridized carbons (Fsp3) is 0.417. The van der Waals surface area contributed by atoms with Crippen LogP contribution in [-0.4, -0.2) is 29.6 Å². The number of methoxy groups -OCH3 is 1. The van der Waals surface area contributed by atoms with E-state index in [9.17, 15) is 4.79 Å². The van der Waals surface area contributed by atoms with Crippen LogP contribution in [0, 0.1) is 0 Å². The van der Waals surface area contributed by atoms with Crippen molar-refractivity contribution in [3.63, 3.8) is 0 Å². The number of nitrogens with one attached hydrogen (secondary N) is 2. The summed E-state index contributed by atoms with van der Waals surface area (Å²) in [5, 5.41) is 4.06. The first-order valence-electron chi connectivity index (χ1n) is 6.25. The van der Waals surface area contributed by atoms with Gasteiger partial charge in [-0.15, -0.1) is 11.3 Å². The zero-order valence-electron chi connectivity index (χ0n) is 11.4. The second-order valence-electron chi connectivity index (χ2n) is 4.08. The minimum Gasteiger partial charge on any atom is -0.469 e. The van der Waals surface area contributed by atoms with Gasteiger partial charge in [0.05, 0.1) is 18.9 Å². The third-order valence-electron chi connectivity index (χ3n) is 2.77. The normalized spacial score (nSPS) is 10.6. The fourth-order valence-electron chi connectivity index (χ4n) is 1.73. The van der Waals surface area contributed by atoms with Crippen molar-refractivity contribution < 1.29 is 9.53 Å². The molecule has 0 aliphatic rings. The molecule has 2 rings (SSSR count). The number of hydrogen-bond acceptors (Lipinski definition) is 8. The first-order valence-corrected chi connectivity index (χ1v) is 7.07. The smallest absolute Gasteiger partial charge is 0.307 e. The Morgan fingerprint density at radius 2 is 2.30 bits per heavy atom. The molecule has 0 saturated carbocycles. The summed E-state index contributed by atoms with van der Waals surface area (Å²) in [5.41, 5.74) is 2.45. The number of hydrogen-bond donors (Lipinski definition) is 3. The number of fused-ring (bicyclic) bond motifs is 1. The Kier molecular flexibility index (Phi) is 4.70. The molecular weight excluding hydrogens is 278 g/mol. The number of ether oxygens (including phenoxy) is 1. The van der Waals surface area contributed by atoms with Gasteiger partial charge in [0.1, 0.15) is 10.6 Å². The highest BCUT2D eigenvalue weighted by Crippen LogP contribution is 2.30. The summed E-state index contributed by atoms with van der Waals surface area (Å²) in [5.74, 6) is 6.13. The summed E-state index contributed by atoms with van der Waals surface area (Å²) in [7, 11) is 1.37. The summed E-state index contributed by atoms with van der Waals surface area (Å²) in [4.78, 5) is 21.8.